The Labute approximate surface area is 88.8 Å². The fourth-order valence-electron chi connectivity index (χ4n) is 1.06. The van der Waals surface area contributed by atoms with Crippen LogP contribution in [0.4, 0.5) is 5.69 Å². The summed E-state index contributed by atoms with van der Waals surface area (Å²) in [7, 11) is 0. The molecule has 0 aromatic heterocycles. The summed E-state index contributed by atoms with van der Waals surface area (Å²) in [6.07, 6.45) is 0. The number of hydrogen-bond donors (Lipinski definition) is 3. The molecule has 0 heterocycles. The molecular formula is C8H10AsNO5. The maximum atomic E-state index is 11.4. The van der Waals surface area contributed by atoms with E-state index < -0.39 is 14.2 Å². The van der Waals surface area contributed by atoms with Crippen LogP contribution in [0.1, 0.15) is 6.92 Å². The fraction of sp³-hybridized carbons (Fsp3) is 0.125. The number of carbonyl (C=O) groups is 1. The zero-order valence-corrected chi connectivity index (χ0v) is 9.75. The summed E-state index contributed by atoms with van der Waals surface area (Å²) in [4.78, 5) is 10.8. The normalized spacial score (nSPS) is 14.3. The Kier molecular flexibility index (Phi) is 3.71. The van der Waals surface area contributed by atoms with E-state index in [1.54, 1.807) is 6.07 Å². The molecule has 0 aliphatic carbocycles. The van der Waals surface area contributed by atoms with Gasteiger partial charge in [-0.05, 0) is 0 Å². The van der Waals surface area contributed by atoms with Crippen LogP contribution in [0.2, 0.25) is 0 Å². The van der Waals surface area contributed by atoms with E-state index >= 15 is 0 Å². The Balaban J connectivity index is 3.17. The van der Waals surface area contributed by atoms with Crippen LogP contribution in [0.3, 0.4) is 0 Å². The monoisotopic (exact) mass is 275 g/mol. The summed E-state index contributed by atoms with van der Waals surface area (Å²) in [5, 5.41) is 10.7. The van der Waals surface area contributed by atoms with Crippen LogP contribution in [0.25, 0.3) is 0 Å². The van der Waals surface area contributed by atoms with Crippen LogP contribution in [0, 0.1) is 0 Å². The Morgan fingerprint density at radius 2 is 2.07 bits per heavy atom. The minimum absolute atomic E-state index is 0.103. The number of nitrogens with one attached hydrogen (secondary N) is 1. The molecule has 1 aromatic carbocycles. The molecule has 1 atom stereocenters. The zero-order valence-electron chi connectivity index (χ0n) is 7.88. The average Bonchev–Trinajstić information content (AvgIpc) is 2.17. The molecular weight excluding hydrogens is 265 g/mol. The quantitative estimate of drug-likeness (QED) is 0.400. The number of amides is 1. The van der Waals surface area contributed by atoms with Crippen molar-refractivity contribution in [1.82, 2.24) is 0 Å². The molecule has 3 N–H and O–H groups in total. The van der Waals surface area contributed by atoms with E-state index in [1.165, 1.54) is 25.1 Å². The van der Waals surface area contributed by atoms with Crippen LogP contribution in [0.5, 0.6) is 0 Å². The molecule has 1 unspecified atom stereocenters. The van der Waals surface area contributed by atoms with Gasteiger partial charge >= 0.3 is 88.4 Å². The second kappa shape index (κ2) is 4.63. The Morgan fingerprint density at radius 3 is 2.60 bits per heavy atom. The third-order valence-corrected chi connectivity index (χ3v) is 4.19. The minimum atomic E-state index is -4.92. The topological polar surface area (TPSA) is 95.9 Å². The molecule has 0 radical (unpaired) electrons. The van der Waals surface area contributed by atoms with Crippen LogP contribution in [-0.4, -0.2) is 29.4 Å². The zero-order chi connectivity index (χ0) is 11.5. The van der Waals surface area contributed by atoms with Crippen molar-refractivity contribution in [3.05, 3.63) is 24.3 Å². The molecule has 7 heteroatoms. The van der Waals surface area contributed by atoms with Crippen LogP contribution < -0.4 is 9.67 Å². The molecule has 1 aromatic rings. The molecule has 0 aliphatic heterocycles. The van der Waals surface area contributed by atoms with Crippen molar-refractivity contribution in [3.8, 4) is 0 Å². The van der Waals surface area contributed by atoms with Gasteiger partial charge in [0.2, 0.25) is 0 Å². The van der Waals surface area contributed by atoms with Gasteiger partial charge in [-0.25, -0.2) is 0 Å². The molecule has 0 bridgehead atoms. The first-order chi connectivity index (χ1) is 6.97. The SMILES string of the molecule is CC(=O)Nc1ccccc1[As](=O)(O)OO. The Bertz CT molecular complexity index is 419. The summed E-state index contributed by atoms with van der Waals surface area (Å²) in [5.74, 6) is -0.379. The van der Waals surface area contributed by atoms with Crippen molar-refractivity contribution in [2.75, 3.05) is 5.32 Å². The third kappa shape index (κ3) is 2.94. The second-order valence-corrected chi connectivity index (χ2v) is 6.34. The number of hydrogen-bond acceptors (Lipinski definition) is 4. The van der Waals surface area contributed by atoms with Crippen molar-refractivity contribution in [1.29, 1.82) is 0 Å². The fourth-order valence-corrected chi connectivity index (χ4v) is 2.73. The molecule has 0 saturated heterocycles. The van der Waals surface area contributed by atoms with Gasteiger partial charge in [0.05, 0.1) is 0 Å². The van der Waals surface area contributed by atoms with Gasteiger partial charge in [-0.15, -0.1) is 0 Å². The predicted octanol–water partition coefficient (Wildman–Crippen LogP) is -0.297. The summed E-state index contributed by atoms with van der Waals surface area (Å²) in [5.41, 5.74) is 0.157. The van der Waals surface area contributed by atoms with Crippen LogP contribution >= 0.6 is 0 Å². The van der Waals surface area contributed by atoms with E-state index in [1.807, 2.05) is 0 Å². The molecule has 15 heavy (non-hydrogen) atoms. The molecule has 0 aliphatic rings. The van der Waals surface area contributed by atoms with Gasteiger partial charge < -0.3 is 0 Å². The second-order valence-electron chi connectivity index (χ2n) is 2.80. The van der Waals surface area contributed by atoms with E-state index in [-0.39, 0.29) is 15.9 Å². The number of benzene rings is 1. The van der Waals surface area contributed by atoms with Crippen molar-refractivity contribution >= 4 is 30.1 Å². The average molecular weight is 275 g/mol. The number of para-hydroxylation sites is 1. The van der Waals surface area contributed by atoms with E-state index in [4.69, 9.17) is 5.26 Å². The van der Waals surface area contributed by atoms with E-state index in [0.29, 0.717) is 0 Å². The molecule has 0 saturated carbocycles. The van der Waals surface area contributed by atoms with Gasteiger partial charge in [0, 0.05) is 0 Å². The van der Waals surface area contributed by atoms with Gasteiger partial charge in [-0.3, -0.25) is 0 Å². The molecule has 0 fully saturated rings. The predicted molar refractivity (Wildman–Crippen MR) is 52.8 cm³/mol. The van der Waals surface area contributed by atoms with E-state index in [9.17, 15) is 12.6 Å². The van der Waals surface area contributed by atoms with Crippen molar-refractivity contribution in [3.63, 3.8) is 0 Å². The van der Waals surface area contributed by atoms with Crippen LogP contribution in [0.15, 0.2) is 24.3 Å². The number of rotatable bonds is 3. The van der Waals surface area contributed by atoms with E-state index in [0.717, 1.165) is 0 Å². The third-order valence-electron chi connectivity index (χ3n) is 1.63. The Hall–Kier alpha value is -1.07. The van der Waals surface area contributed by atoms with Crippen molar-refractivity contribution in [2.24, 2.45) is 0 Å². The number of anilines is 1. The molecule has 1 rings (SSSR count). The summed E-state index contributed by atoms with van der Waals surface area (Å²) < 4.78 is 24.1. The molecule has 82 valence electrons. The van der Waals surface area contributed by atoms with Gasteiger partial charge in [0.1, 0.15) is 0 Å². The standard InChI is InChI=1S/C8H10AsNO5/c1-6(11)10-8-5-3-2-4-7(8)9(12,13)15-14/h2-5,14H,1H3,(H,10,11)(H,12,13). The Morgan fingerprint density at radius 1 is 1.47 bits per heavy atom. The first-order valence-corrected chi connectivity index (χ1v) is 7.31. The van der Waals surface area contributed by atoms with Crippen LogP contribution in [-0.2, 0) is 12.4 Å². The first kappa shape index (κ1) is 12.0. The van der Waals surface area contributed by atoms with Crippen molar-refractivity contribution in [2.45, 2.75) is 6.92 Å². The van der Waals surface area contributed by atoms with Gasteiger partial charge in [-0.2, -0.15) is 0 Å². The van der Waals surface area contributed by atoms with E-state index in [2.05, 4.69) is 9.19 Å². The molecule has 6 nitrogen and oxygen atoms in total. The van der Waals surface area contributed by atoms with Gasteiger partial charge in [-0.1, -0.05) is 0 Å². The molecule has 0 spiro atoms. The molecule has 1 amide bonds. The maximum absolute atomic E-state index is 11.4. The number of carbonyl (C=O) groups excluding carboxylic acids is 1. The summed E-state index contributed by atoms with van der Waals surface area (Å²) in [6.45, 7) is 1.27. The first-order valence-electron chi connectivity index (χ1n) is 4.00. The summed E-state index contributed by atoms with van der Waals surface area (Å²) in [6, 6.07) is 5.84. The van der Waals surface area contributed by atoms with Crippen molar-refractivity contribution < 1.29 is 21.8 Å². The summed E-state index contributed by atoms with van der Waals surface area (Å²) >= 11 is -4.92. The van der Waals surface area contributed by atoms with Gasteiger partial charge in [0.15, 0.2) is 0 Å². The van der Waals surface area contributed by atoms with Gasteiger partial charge in [0.25, 0.3) is 0 Å².